The highest BCUT2D eigenvalue weighted by Gasteiger charge is 2.36. The van der Waals surface area contributed by atoms with Crippen LogP contribution in [0.3, 0.4) is 0 Å². The van der Waals surface area contributed by atoms with Crippen molar-refractivity contribution in [2.45, 2.75) is 19.8 Å². The first kappa shape index (κ1) is 8.55. The predicted molar refractivity (Wildman–Crippen MR) is 57.4 cm³/mol. The van der Waals surface area contributed by atoms with Gasteiger partial charge >= 0.3 is 0 Å². The van der Waals surface area contributed by atoms with Crippen LogP contribution in [-0.2, 0) is 0 Å². The molecular weight excluding hydrogens is 156 g/mol. The summed E-state index contributed by atoms with van der Waals surface area (Å²) in [6.07, 6.45) is 9.06. The number of hydrogen-bond acceptors (Lipinski definition) is 0. The largest absolute Gasteiger partial charge is 0.0985 e. The lowest BCUT2D eigenvalue weighted by molar-refractivity contribution is 0.945. The maximum Gasteiger partial charge on any atom is -0.0155 e. The Kier molecular flexibility index (Phi) is 1.99. The monoisotopic (exact) mass is 172 g/mol. The predicted octanol–water partition coefficient (Wildman–Crippen LogP) is 3.64. The van der Waals surface area contributed by atoms with Gasteiger partial charge in [0.05, 0.1) is 0 Å². The Labute approximate surface area is 80.3 Å². The summed E-state index contributed by atoms with van der Waals surface area (Å²) in [4.78, 5) is 0. The molecule has 2 aliphatic rings. The Morgan fingerprint density at radius 1 is 1.54 bits per heavy atom. The Bertz CT molecular complexity index is 315. The van der Waals surface area contributed by atoms with Gasteiger partial charge in [0.15, 0.2) is 0 Å². The smallest absolute Gasteiger partial charge is 0.0155 e. The molecule has 1 saturated carbocycles. The molecule has 0 heteroatoms. The topological polar surface area (TPSA) is 0 Å². The van der Waals surface area contributed by atoms with E-state index < -0.39 is 0 Å². The van der Waals surface area contributed by atoms with Crippen molar-refractivity contribution in [3.63, 3.8) is 0 Å². The fraction of sp³-hybridized carbons (Fsp3) is 0.385. The normalized spacial score (nSPS) is 29.9. The van der Waals surface area contributed by atoms with E-state index >= 15 is 0 Å². The van der Waals surface area contributed by atoms with E-state index in [4.69, 9.17) is 0 Å². The molecule has 2 atom stereocenters. The minimum Gasteiger partial charge on any atom is -0.0985 e. The average Bonchev–Trinajstić information content (AvgIpc) is 2.92. The molecule has 0 heterocycles. The molecule has 0 N–H and O–H groups in total. The number of rotatable bonds is 3. The molecule has 0 saturated heterocycles. The van der Waals surface area contributed by atoms with Crippen LogP contribution in [0.4, 0.5) is 0 Å². The zero-order valence-corrected chi connectivity index (χ0v) is 8.22. The van der Waals surface area contributed by atoms with Crippen LogP contribution >= 0.6 is 0 Å². The molecule has 2 unspecified atom stereocenters. The van der Waals surface area contributed by atoms with Crippen LogP contribution < -0.4 is 0 Å². The second-order valence-electron chi connectivity index (χ2n) is 3.93. The van der Waals surface area contributed by atoms with E-state index in [-0.39, 0.29) is 0 Å². The fourth-order valence-corrected chi connectivity index (χ4v) is 1.94. The first-order valence-corrected chi connectivity index (χ1v) is 5.00. The molecule has 1 fully saturated rings. The summed E-state index contributed by atoms with van der Waals surface area (Å²) in [5, 5.41) is 0. The second-order valence-corrected chi connectivity index (χ2v) is 3.93. The molecule has 0 nitrogen and oxygen atoms in total. The Hall–Kier alpha value is -1.04. The van der Waals surface area contributed by atoms with Crippen molar-refractivity contribution in [1.82, 2.24) is 0 Å². The van der Waals surface area contributed by atoms with Crippen molar-refractivity contribution in [1.29, 1.82) is 0 Å². The third kappa shape index (κ3) is 1.41. The van der Waals surface area contributed by atoms with Gasteiger partial charge in [-0.2, -0.15) is 0 Å². The van der Waals surface area contributed by atoms with E-state index in [9.17, 15) is 0 Å². The Morgan fingerprint density at radius 3 is 2.85 bits per heavy atom. The summed E-state index contributed by atoms with van der Waals surface area (Å²) >= 11 is 0. The summed E-state index contributed by atoms with van der Waals surface area (Å²) in [6.45, 7) is 10.1. The zero-order chi connectivity index (χ0) is 9.42. The molecule has 0 aromatic heterocycles. The summed E-state index contributed by atoms with van der Waals surface area (Å²) in [5.41, 5.74) is 3.89. The van der Waals surface area contributed by atoms with Crippen molar-refractivity contribution >= 4 is 0 Å². The van der Waals surface area contributed by atoms with E-state index in [0.29, 0.717) is 0 Å². The first-order valence-electron chi connectivity index (χ1n) is 5.00. The lowest BCUT2D eigenvalue weighted by Crippen LogP contribution is -1.97. The maximum absolute atomic E-state index is 4.09. The van der Waals surface area contributed by atoms with Gasteiger partial charge in [0.2, 0.25) is 0 Å². The molecule has 0 amide bonds. The highest BCUT2D eigenvalue weighted by atomic mass is 14.4. The standard InChI is InChI=1S/C13H16/c1-4-9(3)13-8-12-7-11(12)6-10(13)5-2/h5-6,8,11-12H,2-4,7H2,1H3. The van der Waals surface area contributed by atoms with Gasteiger partial charge in [-0.25, -0.2) is 0 Å². The molecule has 0 aromatic rings. The van der Waals surface area contributed by atoms with Gasteiger partial charge in [-0.1, -0.05) is 38.3 Å². The van der Waals surface area contributed by atoms with E-state index in [0.717, 1.165) is 18.3 Å². The van der Waals surface area contributed by atoms with Crippen LogP contribution in [0.2, 0.25) is 0 Å². The van der Waals surface area contributed by atoms with Gasteiger partial charge in [-0.15, -0.1) is 0 Å². The van der Waals surface area contributed by atoms with Crippen LogP contribution in [0.15, 0.2) is 48.1 Å². The van der Waals surface area contributed by atoms with Gasteiger partial charge in [-0.3, -0.25) is 0 Å². The summed E-state index contributed by atoms with van der Waals surface area (Å²) < 4.78 is 0. The van der Waals surface area contributed by atoms with Gasteiger partial charge in [0, 0.05) is 0 Å². The molecule has 2 aliphatic carbocycles. The lowest BCUT2D eigenvalue weighted by Gasteiger charge is -2.14. The lowest BCUT2D eigenvalue weighted by atomic mass is 9.91. The first-order chi connectivity index (χ1) is 6.26. The molecule has 2 rings (SSSR count). The zero-order valence-electron chi connectivity index (χ0n) is 8.22. The highest BCUT2D eigenvalue weighted by Crippen LogP contribution is 2.47. The van der Waals surface area contributed by atoms with Gasteiger partial charge < -0.3 is 0 Å². The number of allylic oxidation sites excluding steroid dienone is 6. The third-order valence-corrected chi connectivity index (χ3v) is 3.00. The van der Waals surface area contributed by atoms with Crippen LogP contribution in [0.1, 0.15) is 19.8 Å². The van der Waals surface area contributed by atoms with Crippen molar-refractivity contribution < 1.29 is 0 Å². The summed E-state index contributed by atoms with van der Waals surface area (Å²) in [7, 11) is 0. The number of fused-ring (bicyclic) bond motifs is 1. The van der Waals surface area contributed by atoms with Gasteiger partial charge in [0.25, 0.3) is 0 Å². The van der Waals surface area contributed by atoms with E-state index in [1.165, 1.54) is 23.1 Å². The van der Waals surface area contributed by atoms with Crippen LogP contribution in [0.25, 0.3) is 0 Å². The van der Waals surface area contributed by atoms with Gasteiger partial charge in [-0.05, 0) is 41.4 Å². The maximum atomic E-state index is 4.09. The molecular formula is C13H16. The van der Waals surface area contributed by atoms with Crippen molar-refractivity contribution in [3.05, 3.63) is 48.1 Å². The van der Waals surface area contributed by atoms with Gasteiger partial charge in [0.1, 0.15) is 0 Å². The van der Waals surface area contributed by atoms with Crippen LogP contribution in [0, 0.1) is 11.8 Å². The highest BCUT2D eigenvalue weighted by molar-refractivity contribution is 5.54. The molecule has 0 aliphatic heterocycles. The van der Waals surface area contributed by atoms with E-state index in [1.54, 1.807) is 0 Å². The minimum absolute atomic E-state index is 0.807. The minimum atomic E-state index is 0.807. The molecule has 0 aromatic carbocycles. The van der Waals surface area contributed by atoms with E-state index in [2.05, 4.69) is 32.2 Å². The van der Waals surface area contributed by atoms with Crippen molar-refractivity contribution in [2.24, 2.45) is 11.8 Å². The quantitative estimate of drug-likeness (QED) is 0.609. The molecule has 0 radical (unpaired) electrons. The molecule has 13 heavy (non-hydrogen) atoms. The summed E-state index contributed by atoms with van der Waals surface area (Å²) in [5.74, 6) is 1.61. The number of hydrogen-bond donors (Lipinski definition) is 0. The SMILES string of the molecule is C=CC1=CC2CC2C=C1C(=C)CC. The van der Waals surface area contributed by atoms with Crippen molar-refractivity contribution in [2.75, 3.05) is 0 Å². The van der Waals surface area contributed by atoms with Crippen LogP contribution in [-0.4, -0.2) is 0 Å². The molecule has 68 valence electrons. The fourth-order valence-electron chi connectivity index (χ4n) is 1.94. The average molecular weight is 172 g/mol. The second kappa shape index (κ2) is 3.02. The molecule has 0 spiro atoms. The Morgan fingerprint density at radius 2 is 2.23 bits per heavy atom. The third-order valence-electron chi connectivity index (χ3n) is 3.00. The summed E-state index contributed by atoms with van der Waals surface area (Å²) in [6, 6.07) is 0. The van der Waals surface area contributed by atoms with Crippen molar-refractivity contribution in [3.8, 4) is 0 Å². The Balaban J connectivity index is 2.29. The van der Waals surface area contributed by atoms with Crippen LogP contribution in [0.5, 0.6) is 0 Å². The van der Waals surface area contributed by atoms with E-state index in [1.807, 2.05) is 6.08 Å². The molecule has 0 bridgehead atoms.